The van der Waals surface area contributed by atoms with Gasteiger partial charge in [0.05, 0.1) is 6.04 Å². The molecule has 4 nitrogen and oxygen atoms in total. The van der Waals surface area contributed by atoms with Crippen LogP contribution in [-0.2, 0) is 4.79 Å². The number of hydrogen-bond donors (Lipinski definition) is 1. The fraction of sp³-hybridized carbons (Fsp3) is 0.917. The number of likely N-dealkylation sites (tertiary alicyclic amines) is 1. The molecule has 2 N–H and O–H groups in total. The summed E-state index contributed by atoms with van der Waals surface area (Å²) in [6, 6.07) is 0.933. The number of carbonyl (C=O) groups excluding carboxylic acids is 1. The summed E-state index contributed by atoms with van der Waals surface area (Å²) < 4.78 is 0. The van der Waals surface area contributed by atoms with E-state index in [9.17, 15) is 4.79 Å². The van der Waals surface area contributed by atoms with Gasteiger partial charge in [0.2, 0.25) is 5.91 Å². The molecule has 0 radical (unpaired) electrons. The maximum atomic E-state index is 12.0. The Hall–Kier alpha value is -0.610. The van der Waals surface area contributed by atoms with E-state index in [1.165, 1.54) is 12.8 Å². The van der Waals surface area contributed by atoms with Crippen LogP contribution >= 0.6 is 0 Å². The van der Waals surface area contributed by atoms with E-state index in [0.29, 0.717) is 12.1 Å². The molecule has 3 atom stereocenters. The molecule has 2 aliphatic rings. The van der Waals surface area contributed by atoms with Gasteiger partial charge in [-0.2, -0.15) is 0 Å². The quantitative estimate of drug-likeness (QED) is 0.741. The first-order valence-corrected chi connectivity index (χ1v) is 6.39. The molecule has 92 valence electrons. The number of carbonyl (C=O) groups is 1. The van der Waals surface area contributed by atoms with Gasteiger partial charge in [-0.1, -0.05) is 6.92 Å². The Morgan fingerprint density at radius 1 is 1.38 bits per heavy atom. The van der Waals surface area contributed by atoms with Gasteiger partial charge in [-0.3, -0.25) is 9.69 Å². The fourth-order valence-electron chi connectivity index (χ4n) is 2.92. The minimum absolute atomic E-state index is 0.142. The van der Waals surface area contributed by atoms with Crippen molar-refractivity contribution in [2.75, 3.05) is 20.1 Å². The van der Waals surface area contributed by atoms with Crippen molar-refractivity contribution in [3.8, 4) is 0 Å². The van der Waals surface area contributed by atoms with Crippen LogP contribution in [0.15, 0.2) is 0 Å². The third-order valence-electron chi connectivity index (χ3n) is 4.22. The number of rotatable bonds is 2. The predicted octanol–water partition coefficient (Wildman–Crippen LogP) is 0.419. The number of nitrogens with two attached hydrogens (primary N) is 1. The number of likely N-dealkylation sites (N-methyl/N-ethyl adjacent to an activating group) is 1. The first-order valence-electron chi connectivity index (χ1n) is 6.39. The lowest BCUT2D eigenvalue weighted by Gasteiger charge is -2.27. The Morgan fingerprint density at radius 3 is 2.75 bits per heavy atom. The second kappa shape index (κ2) is 4.72. The normalized spacial score (nSPS) is 32.6. The van der Waals surface area contributed by atoms with Crippen LogP contribution in [0.5, 0.6) is 0 Å². The van der Waals surface area contributed by atoms with E-state index in [-0.39, 0.29) is 11.9 Å². The average Bonchev–Trinajstić information content (AvgIpc) is 2.51. The average molecular weight is 225 g/mol. The second-order valence-electron chi connectivity index (χ2n) is 5.14. The molecule has 2 fully saturated rings. The third-order valence-corrected chi connectivity index (χ3v) is 4.22. The van der Waals surface area contributed by atoms with Crippen molar-refractivity contribution in [2.24, 2.45) is 5.73 Å². The molecule has 0 aromatic carbocycles. The van der Waals surface area contributed by atoms with Crippen LogP contribution in [0.3, 0.4) is 0 Å². The summed E-state index contributed by atoms with van der Waals surface area (Å²) in [5.41, 5.74) is 5.83. The molecular formula is C12H23N3O. The van der Waals surface area contributed by atoms with Gasteiger partial charge in [0.25, 0.3) is 0 Å². The SMILES string of the molecule is CC[C@@H](N)C(=O)N1CCC2CCC(C1)N2C. The van der Waals surface area contributed by atoms with Crippen LogP contribution < -0.4 is 5.73 Å². The Morgan fingerprint density at radius 2 is 2.06 bits per heavy atom. The smallest absolute Gasteiger partial charge is 0.239 e. The Balaban J connectivity index is 2.01. The standard InChI is InChI=1S/C12H23N3O/c1-3-11(13)12(16)15-7-6-9-4-5-10(8-15)14(9)2/h9-11H,3-8,13H2,1-2H3/t9?,10?,11-/m1/s1. The molecule has 0 aromatic rings. The van der Waals surface area contributed by atoms with E-state index < -0.39 is 0 Å². The maximum absolute atomic E-state index is 12.0. The van der Waals surface area contributed by atoms with E-state index in [2.05, 4.69) is 11.9 Å². The van der Waals surface area contributed by atoms with Gasteiger partial charge < -0.3 is 10.6 Å². The highest BCUT2D eigenvalue weighted by atomic mass is 16.2. The van der Waals surface area contributed by atoms with Crippen molar-refractivity contribution in [3.05, 3.63) is 0 Å². The monoisotopic (exact) mass is 225 g/mol. The highest BCUT2D eigenvalue weighted by molar-refractivity contribution is 5.81. The summed E-state index contributed by atoms with van der Waals surface area (Å²) in [5, 5.41) is 0. The Kier molecular flexibility index (Phi) is 3.50. The number of fused-ring (bicyclic) bond motifs is 2. The fourth-order valence-corrected chi connectivity index (χ4v) is 2.92. The molecule has 0 saturated carbocycles. The zero-order chi connectivity index (χ0) is 11.7. The zero-order valence-corrected chi connectivity index (χ0v) is 10.4. The van der Waals surface area contributed by atoms with Crippen LogP contribution in [0.1, 0.15) is 32.6 Å². The summed E-state index contributed by atoms with van der Waals surface area (Å²) in [6.07, 6.45) is 4.36. The minimum atomic E-state index is -0.304. The molecule has 1 amide bonds. The van der Waals surface area contributed by atoms with Gasteiger partial charge in [0.15, 0.2) is 0 Å². The molecule has 16 heavy (non-hydrogen) atoms. The van der Waals surface area contributed by atoms with Gasteiger partial charge >= 0.3 is 0 Å². The van der Waals surface area contributed by atoms with Crippen molar-refractivity contribution in [1.82, 2.24) is 9.80 Å². The van der Waals surface area contributed by atoms with Gasteiger partial charge in [0, 0.05) is 25.2 Å². The minimum Gasteiger partial charge on any atom is -0.340 e. The molecule has 2 rings (SSSR count). The zero-order valence-electron chi connectivity index (χ0n) is 10.4. The van der Waals surface area contributed by atoms with Crippen molar-refractivity contribution < 1.29 is 4.79 Å². The van der Waals surface area contributed by atoms with Crippen molar-refractivity contribution in [1.29, 1.82) is 0 Å². The van der Waals surface area contributed by atoms with Gasteiger partial charge in [-0.05, 0) is 32.7 Å². The highest BCUT2D eigenvalue weighted by Gasteiger charge is 2.36. The van der Waals surface area contributed by atoms with Crippen LogP contribution in [0, 0.1) is 0 Å². The highest BCUT2D eigenvalue weighted by Crippen LogP contribution is 2.28. The lowest BCUT2D eigenvalue weighted by molar-refractivity contribution is -0.133. The molecule has 0 aromatic heterocycles. The van der Waals surface area contributed by atoms with Crippen molar-refractivity contribution in [2.45, 2.75) is 50.7 Å². The van der Waals surface area contributed by atoms with Crippen molar-refractivity contribution in [3.63, 3.8) is 0 Å². The van der Waals surface area contributed by atoms with E-state index in [4.69, 9.17) is 5.73 Å². The Labute approximate surface area is 97.8 Å². The Bertz CT molecular complexity index is 269. The van der Waals surface area contributed by atoms with Crippen LogP contribution in [0.25, 0.3) is 0 Å². The molecule has 2 unspecified atom stereocenters. The number of nitrogens with zero attached hydrogens (tertiary/aromatic N) is 2. The van der Waals surface area contributed by atoms with Crippen LogP contribution in [0.4, 0.5) is 0 Å². The molecule has 2 bridgehead atoms. The second-order valence-corrected chi connectivity index (χ2v) is 5.14. The summed E-state index contributed by atoms with van der Waals surface area (Å²) in [7, 11) is 2.19. The summed E-state index contributed by atoms with van der Waals surface area (Å²) >= 11 is 0. The van der Waals surface area contributed by atoms with E-state index in [1.807, 2.05) is 11.8 Å². The first kappa shape index (κ1) is 11.9. The van der Waals surface area contributed by atoms with Crippen LogP contribution in [0.2, 0.25) is 0 Å². The number of hydrogen-bond acceptors (Lipinski definition) is 3. The predicted molar refractivity (Wildman–Crippen MR) is 64.0 cm³/mol. The lowest BCUT2D eigenvalue weighted by Crippen LogP contribution is -2.47. The van der Waals surface area contributed by atoms with E-state index in [0.717, 1.165) is 25.9 Å². The molecule has 2 aliphatic heterocycles. The number of amides is 1. The molecule has 4 heteroatoms. The third kappa shape index (κ3) is 2.09. The first-order chi connectivity index (χ1) is 7.63. The molecule has 2 saturated heterocycles. The van der Waals surface area contributed by atoms with Gasteiger partial charge in [-0.15, -0.1) is 0 Å². The molecule has 0 aliphatic carbocycles. The molecule has 2 heterocycles. The summed E-state index contributed by atoms with van der Waals surface area (Å²) in [5.74, 6) is 0.142. The van der Waals surface area contributed by atoms with E-state index >= 15 is 0 Å². The summed E-state index contributed by atoms with van der Waals surface area (Å²) in [6.45, 7) is 3.73. The lowest BCUT2D eigenvalue weighted by atomic mass is 10.1. The topological polar surface area (TPSA) is 49.6 Å². The van der Waals surface area contributed by atoms with E-state index in [1.54, 1.807) is 0 Å². The summed E-state index contributed by atoms with van der Waals surface area (Å²) in [4.78, 5) is 16.5. The van der Waals surface area contributed by atoms with Gasteiger partial charge in [-0.25, -0.2) is 0 Å². The van der Waals surface area contributed by atoms with Crippen molar-refractivity contribution >= 4 is 5.91 Å². The van der Waals surface area contributed by atoms with Crippen LogP contribution in [-0.4, -0.2) is 54.0 Å². The largest absolute Gasteiger partial charge is 0.340 e. The molecular weight excluding hydrogens is 202 g/mol. The maximum Gasteiger partial charge on any atom is 0.239 e. The molecule has 0 spiro atoms. The van der Waals surface area contributed by atoms with Gasteiger partial charge in [0.1, 0.15) is 0 Å².